The molecule has 4 heteroatoms. The lowest BCUT2D eigenvalue weighted by Gasteiger charge is -2.20. The predicted octanol–water partition coefficient (Wildman–Crippen LogP) is 38.3. The maximum Gasteiger partial charge on any atom is 0.0620 e. The van der Waals surface area contributed by atoms with E-state index < -0.39 is 0 Å². The Hall–Kier alpha value is -17.4. The van der Waals surface area contributed by atoms with E-state index in [4.69, 9.17) is 0 Å². The Kier molecular flexibility index (Phi) is 17.5. The average molecular weight is 1800 g/mol. The van der Waals surface area contributed by atoms with Gasteiger partial charge in [0, 0.05) is 86.2 Å². The second-order valence-electron chi connectivity index (χ2n) is 41.0. The summed E-state index contributed by atoms with van der Waals surface area (Å²) < 4.78 is 10.00. The minimum atomic E-state index is 0.108. The largest absolute Gasteiger partial charge is 0.308 e. The average Bonchev–Trinajstić information content (AvgIpc) is 1.55. The van der Waals surface area contributed by atoms with Crippen LogP contribution in [0, 0.1) is 13.8 Å². The molecule has 662 valence electrons. The molecule has 0 spiro atoms. The monoisotopic (exact) mass is 1790 g/mol. The van der Waals surface area contributed by atoms with E-state index in [9.17, 15) is 0 Å². The summed E-state index contributed by atoms with van der Waals surface area (Å²) in [6, 6.07) is 163. The highest BCUT2D eigenvalue weighted by atomic mass is 14.9. The summed E-state index contributed by atoms with van der Waals surface area (Å²) in [4.78, 5) is 0. The lowest BCUT2D eigenvalue weighted by molar-refractivity contribution is 0.590. The van der Waals surface area contributed by atoms with E-state index in [2.05, 4.69) is 503 Å². The molecular weight excluding hydrogens is 1700 g/mol. The summed E-state index contributed by atoms with van der Waals surface area (Å²) in [6.45, 7) is 15.8. The van der Waals surface area contributed by atoms with Gasteiger partial charge in [0.25, 0.3) is 0 Å². The van der Waals surface area contributed by atoms with Gasteiger partial charge in [0.15, 0.2) is 0 Å². The van der Waals surface area contributed by atoms with Crippen LogP contribution in [0.3, 0.4) is 0 Å². The second-order valence-corrected chi connectivity index (χ2v) is 41.0. The third-order valence-corrected chi connectivity index (χ3v) is 31.3. The first-order chi connectivity index (χ1) is 69.1. The second kappa shape index (κ2) is 30.5. The van der Waals surface area contributed by atoms with Crippen molar-refractivity contribution in [1.29, 1.82) is 0 Å². The van der Waals surface area contributed by atoms with Gasteiger partial charge >= 0.3 is 0 Å². The predicted molar refractivity (Wildman–Crippen MR) is 608 cm³/mol. The molecular formula is C137H94N4. The van der Waals surface area contributed by atoms with Gasteiger partial charge in [-0.2, -0.15) is 0 Å². The first kappa shape index (κ1) is 80.8. The fourth-order valence-corrected chi connectivity index (χ4v) is 24.3. The third-order valence-electron chi connectivity index (χ3n) is 31.3. The molecule has 24 aromatic carbocycles. The van der Waals surface area contributed by atoms with E-state index >= 15 is 0 Å². The Labute approximate surface area is 813 Å². The molecule has 0 fully saturated rings. The number of aryl methyl sites for hydroxylation is 2. The maximum atomic E-state index is 2.50. The smallest absolute Gasteiger partial charge is 0.0620 e. The van der Waals surface area contributed by atoms with Crippen molar-refractivity contribution in [3.8, 4) is 44.5 Å². The van der Waals surface area contributed by atoms with Crippen LogP contribution in [0.5, 0.6) is 0 Å². The molecule has 4 nitrogen and oxygen atoms in total. The molecule has 0 amide bonds. The maximum absolute atomic E-state index is 2.50. The molecule has 0 N–H and O–H groups in total. The van der Waals surface area contributed by atoms with E-state index in [1.54, 1.807) is 0 Å². The molecule has 0 aliphatic rings. The van der Waals surface area contributed by atoms with Gasteiger partial charge in [0.1, 0.15) is 0 Å². The van der Waals surface area contributed by atoms with Crippen LogP contribution in [0.2, 0.25) is 0 Å². The SMILES string of the molecule is CC(C)(C)c1cccc(-c2cc3c4cc5ccccc5cc4n4c5cc6ccccc6cc5c(c2)c34)c1.CC(C)c1cccc(-c2cc3c4cc5ccccc5cc4n4c5cc6ccccc6cc5c(c2)c34)c1.Cc1cccc(-c2cc3c4cc5ccccc5cc4n4c5cc6ccccc6cc5c(c2)c34)c1.Cc1ccccc1-c1cc2c3cc4ccccc4cc3n3c4cc5ccccc5cc4c(c1)c23. The van der Waals surface area contributed by atoms with Crippen LogP contribution < -0.4 is 0 Å². The van der Waals surface area contributed by atoms with Crippen LogP contribution in [0.1, 0.15) is 62.8 Å². The molecule has 0 aliphatic heterocycles. The minimum Gasteiger partial charge on any atom is -0.308 e. The number of nitrogens with zero attached hydrogens (tertiary/aromatic N) is 4. The van der Waals surface area contributed by atoms with E-state index in [-0.39, 0.29) is 5.41 Å². The van der Waals surface area contributed by atoms with Gasteiger partial charge in [-0.15, -0.1) is 0 Å². The third kappa shape index (κ3) is 12.5. The summed E-state index contributed by atoms with van der Waals surface area (Å²) in [5.41, 5.74) is 31.3. The number of hydrogen-bond acceptors (Lipinski definition) is 0. The van der Waals surface area contributed by atoms with E-state index in [1.165, 1.54) is 305 Å². The molecule has 32 rings (SSSR count). The standard InChI is InChI=1S/C36H27N.C35H25N.2C33H21N/c1-36(2,3)28-14-8-13-22(15-28)27-18-31-29-16-23-9-4-6-11-25(23)20-33(29)37-34-21-26-12-7-5-10-24(26)17-30(34)32(19-27)35(31)37;1-21(2)22-12-7-13-23(14-22)28-17-31-29-15-24-8-3-5-10-26(24)19-33(29)36-34-20-27-11-6-4-9-25(27)16-30(34)32(18-28)35(31)36;1-20-8-2-7-13-26(20)25-16-29-27-14-21-9-3-5-11-23(21)18-31(27)34-32-19-24-12-6-4-10-22(24)15-28(32)30(17-25)33(29)34;1-20-7-6-12-21(13-20)26-16-29-27-14-22-8-2-4-10-24(22)18-31(27)34-32-19-25-11-5-3-9-23(25)15-28(32)30(17-26)33(29)34/h4-21H,1-3H3;3-21H,1-2H3;2*2-19H,1H3. The summed E-state index contributed by atoms with van der Waals surface area (Å²) in [5, 5.41) is 41.8. The van der Waals surface area contributed by atoms with Crippen molar-refractivity contribution < 1.29 is 0 Å². The van der Waals surface area contributed by atoms with Crippen molar-refractivity contribution in [2.75, 3.05) is 0 Å². The van der Waals surface area contributed by atoms with E-state index in [1.807, 2.05) is 0 Å². The normalized spacial score (nSPS) is 12.4. The van der Waals surface area contributed by atoms with Crippen molar-refractivity contribution in [1.82, 2.24) is 17.6 Å². The molecule has 0 unspecified atom stereocenters. The van der Waals surface area contributed by atoms with Gasteiger partial charge < -0.3 is 17.6 Å². The Morgan fingerprint density at radius 2 is 0.397 bits per heavy atom. The molecule has 141 heavy (non-hydrogen) atoms. The van der Waals surface area contributed by atoms with Gasteiger partial charge in [0.2, 0.25) is 0 Å². The van der Waals surface area contributed by atoms with Gasteiger partial charge in [-0.25, -0.2) is 0 Å². The van der Waals surface area contributed by atoms with Crippen LogP contribution >= 0.6 is 0 Å². The number of rotatable bonds is 5. The van der Waals surface area contributed by atoms with Crippen molar-refractivity contribution in [3.63, 3.8) is 0 Å². The van der Waals surface area contributed by atoms with Crippen molar-refractivity contribution in [2.24, 2.45) is 0 Å². The fraction of sp³-hybridized carbons (Fsp3) is 0.0657. The zero-order valence-electron chi connectivity index (χ0n) is 79.4. The molecule has 0 radical (unpaired) electrons. The van der Waals surface area contributed by atoms with Crippen LogP contribution in [0.4, 0.5) is 0 Å². The van der Waals surface area contributed by atoms with Crippen molar-refractivity contribution >= 4 is 239 Å². The molecule has 32 aromatic rings. The highest BCUT2D eigenvalue weighted by molar-refractivity contribution is 6.32. The molecule has 0 saturated carbocycles. The molecule has 0 bridgehead atoms. The fourth-order valence-electron chi connectivity index (χ4n) is 24.3. The molecule has 8 aromatic heterocycles. The van der Waals surface area contributed by atoms with Crippen molar-refractivity contribution in [2.45, 2.75) is 59.8 Å². The number of fused-ring (bicyclic) bond motifs is 32. The molecule has 0 atom stereocenters. The first-order valence-corrected chi connectivity index (χ1v) is 49.6. The Bertz CT molecular complexity index is 10400. The quantitative estimate of drug-likeness (QED) is 0.163. The van der Waals surface area contributed by atoms with Crippen LogP contribution in [-0.4, -0.2) is 17.6 Å². The Morgan fingerprint density at radius 3 is 0.645 bits per heavy atom. The van der Waals surface area contributed by atoms with Crippen LogP contribution in [0.15, 0.2) is 437 Å². The highest BCUT2D eigenvalue weighted by Crippen LogP contribution is 2.51. The molecule has 0 aliphatic carbocycles. The topological polar surface area (TPSA) is 17.6 Å². The summed E-state index contributed by atoms with van der Waals surface area (Å²) in [5.74, 6) is 0.504. The minimum absolute atomic E-state index is 0.108. The van der Waals surface area contributed by atoms with Gasteiger partial charge in [0.05, 0.1) is 66.2 Å². The van der Waals surface area contributed by atoms with Crippen molar-refractivity contribution in [3.05, 3.63) is 459 Å². The Balaban J connectivity index is 0.0000000901. The zero-order valence-corrected chi connectivity index (χ0v) is 79.4. The van der Waals surface area contributed by atoms with E-state index in [0.29, 0.717) is 5.92 Å². The lowest BCUT2D eigenvalue weighted by atomic mass is 9.85. The van der Waals surface area contributed by atoms with Gasteiger partial charge in [-0.1, -0.05) is 331 Å². The first-order valence-electron chi connectivity index (χ1n) is 49.6. The molecule has 8 heterocycles. The van der Waals surface area contributed by atoms with Gasteiger partial charge in [-0.3, -0.25) is 0 Å². The Morgan fingerprint density at radius 1 is 0.177 bits per heavy atom. The summed E-state index contributed by atoms with van der Waals surface area (Å²) in [7, 11) is 0. The molecule has 0 saturated heterocycles. The van der Waals surface area contributed by atoms with E-state index in [0.717, 1.165) is 0 Å². The van der Waals surface area contributed by atoms with Gasteiger partial charge in [-0.05, 0) is 318 Å². The zero-order chi connectivity index (χ0) is 93.6. The lowest BCUT2D eigenvalue weighted by Crippen LogP contribution is -2.10. The number of hydrogen-bond donors (Lipinski definition) is 0. The number of aromatic nitrogens is 4. The summed E-state index contributed by atoms with van der Waals surface area (Å²) in [6.07, 6.45) is 0. The highest BCUT2D eigenvalue weighted by Gasteiger charge is 2.28. The number of benzene rings is 24. The van der Waals surface area contributed by atoms with Crippen LogP contribution in [-0.2, 0) is 5.41 Å². The summed E-state index contributed by atoms with van der Waals surface area (Å²) >= 11 is 0. The van der Waals surface area contributed by atoms with Crippen LogP contribution in [0.25, 0.3) is 283 Å².